The van der Waals surface area contributed by atoms with Gasteiger partial charge in [-0.1, -0.05) is 132 Å². The van der Waals surface area contributed by atoms with Gasteiger partial charge in [0, 0.05) is 69.6 Å². The summed E-state index contributed by atoms with van der Waals surface area (Å²) in [5.41, 5.74) is 22.5. The van der Waals surface area contributed by atoms with Crippen molar-refractivity contribution < 1.29 is 37.0 Å². The van der Waals surface area contributed by atoms with Crippen LogP contribution in [0.5, 0.6) is 11.5 Å². The molecule has 2 N–H and O–H groups in total. The molecule has 10 atom stereocenters. The maximum atomic E-state index is 14.6. The minimum absolute atomic E-state index is 0.109. The first-order valence-corrected chi connectivity index (χ1v) is 27.2. The third-order valence-electron chi connectivity index (χ3n) is 17.4. The molecule has 0 saturated heterocycles. The maximum Gasteiger partial charge on any atom is 0.527 e. The maximum absolute atomic E-state index is 14.6. The van der Waals surface area contributed by atoms with E-state index >= 15 is 0 Å². The molecule has 338 valence electrons. The average Bonchev–Trinajstić information content (AvgIpc) is 4.23. The summed E-state index contributed by atoms with van der Waals surface area (Å²) in [7, 11) is -9.52. The third kappa shape index (κ3) is 5.65. The van der Waals surface area contributed by atoms with E-state index in [-0.39, 0.29) is 36.9 Å². The van der Waals surface area contributed by atoms with Gasteiger partial charge in [0.25, 0.3) is 0 Å². The van der Waals surface area contributed by atoms with Crippen LogP contribution in [0.25, 0.3) is 0 Å². The Balaban J connectivity index is 0.910. The number of hydrogen-bond donors (Lipinski definition) is 2. The average molecular weight is 935 g/mol. The molecule has 0 heterocycles. The topological polar surface area (TPSA) is 112 Å². The van der Waals surface area contributed by atoms with Crippen LogP contribution < -0.4 is 9.05 Å². The van der Waals surface area contributed by atoms with E-state index in [1.165, 1.54) is 66.8 Å². The quantitative estimate of drug-likeness (QED) is 0.130. The molecule has 0 spiro atoms. The molecule has 0 aromatic heterocycles. The smallest absolute Gasteiger partial charge is 0.403 e. The lowest BCUT2D eigenvalue weighted by molar-refractivity contribution is 0.191. The standard InChI is InChI=1S/C58H48O8P2/c1-29-11-15-31(16-12-29)27-63-67(59,60)65-57-53-49-25-51(47-23-43-39-19-37(41(43)21-45(47)49)33-7-3-5-9-35(33)39)55(53)58(66-68(61,62)64-28-32-17-13-30(2)14-18-32)56-52-26-50(54(56)57)46-22-42-38-20-40(44(42)24-48(46)52)36-10-6-4-8-34(36)38/h3-18,21-24,37-40,49-52H,19-20,25-28H2,1-2H3,(H,59,60)(H,61,62). The van der Waals surface area contributed by atoms with Crippen molar-refractivity contribution in [2.45, 2.75) is 100 Å². The summed E-state index contributed by atoms with van der Waals surface area (Å²) in [6.45, 7) is 3.78. The Morgan fingerprint density at radius 2 is 0.662 bits per heavy atom. The number of benzene rings is 7. The summed E-state index contributed by atoms with van der Waals surface area (Å²) in [4.78, 5) is 23.8. The van der Waals surface area contributed by atoms with Crippen LogP contribution in [0.4, 0.5) is 0 Å². The normalized spacial score (nSPS) is 26.3. The number of hydrogen-bond acceptors (Lipinski definition) is 6. The minimum atomic E-state index is -4.76. The monoisotopic (exact) mass is 934 g/mol. The Hall–Kier alpha value is -5.56. The van der Waals surface area contributed by atoms with Gasteiger partial charge in [0.1, 0.15) is 11.5 Å². The van der Waals surface area contributed by atoms with Crippen LogP contribution in [-0.4, -0.2) is 9.79 Å². The van der Waals surface area contributed by atoms with Crippen molar-refractivity contribution in [1.82, 2.24) is 0 Å². The fraction of sp³-hybridized carbons (Fsp3) is 0.276. The van der Waals surface area contributed by atoms with Gasteiger partial charge in [-0.3, -0.25) is 18.8 Å². The predicted octanol–water partition coefficient (Wildman–Crippen LogP) is 13.6. The lowest BCUT2D eigenvalue weighted by Gasteiger charge is -2.33. The van der Waals surface area contributed by atoms with Crippen LogP contribution in [-0.2, 0) is 31.4 Å². The van der Waals surface area contributed by atoms with E-state index in [2.05, 4.69) is 72.8 Å². The highest BCUT2D eigenvalue weighted by atomic mass is 31.2. The number of fused-ring (bicyclic) bond motifs is 32. The molecule has 0 aliphatic heterocycles. The van der Waals surface area contributed by atoms with Gasteiger partial charge < -0.3 is 9.05 Å². The zero-order valence-corrected chi connectivity index (χ0v) is 39.4. The fourth-order valence-electron chi connectivity index (χ4n) is 14.6. The lowest BCUT2D eigenvalue weighted by Crippen LogP contribution is -2.17. The molecular weight excluding hydrogens is 887 g/mol. The van der Waals surface area contributed by atoms with Crippen LogP contribution in [0.3, 0.4) is 0 Å². The third-order valence-corrected chi connectivity index (χ3v) is 19.1. The molecule has 10 unspecified atom stereocenters. The number of phosphoric acid groups is 2. The lowest BCUT2D eigenvalue weighted by atomic mass is 9.74. The van der Waals surface area contributed by atoms with Crippen LogP contribution >= 0.6 is 15.6 Å². The number of phosphoric ester groups is 2. The second-order valence-electron chi connectivity index (χ2n) is 20.8. The highest BCUT2D eigenvalue weighted by Crippen LogP contribution is 2.73. The second-order valence-corrected chi connectivity index (χ2v) is 23.5. The Bertz CT molecular complexity index is 3110. The Kier molecular flexibility index (Phi) is 8.33. The molecule has 8 bridgehead atoms. The van der Waals surface area contributed by atoms with Crippen molar-refractivity contribution in [3.05, 3.63) is 233 Å². The van der Waals surface area contributed by atoms with E-state index in [4.69, 9.17) is 18.1 Å². The van der Waals surface area contributed by atoms with E-state index in [9.17, 15) is 18.9 Å². The first kappa shape index (κ1) is 40.3. The van der Waals surface area contributed by atoms with Gasteiger partial charge in [-0.25, -0.2) is 9.13 Å². The zero-order valence-electron chi connectivity index (χ0n) is 37.6. The molecular formula is C58H48O8P2. The largest absolute Gasteiger partial charge is 0.527 e. The first-order valence-electron chi connectivity index (χ1n) is 24.2. The van der Waals surface area contributed by atoms with Gasteiger partial charge in [0.15, 0.2) is 0 Å². The SMILES string of the molecule is Cc1ccc(COP(=O)(O)Oc2c3c(c(OP(=O)(O)OCc4ccc(C)cc4)c4c2C2CC4c4cc5c(cc42)C2CC5c4ccccc42)C2CC3c3cc4c(cc32)C2CC4c3ccccc32)cc1. The van der Waals surface area contributed by atoms with Gasteiger partial charge in [0.2, 0.25) is 0 Å². The molecule has 0 amide bonds. The Morgan fingerprint density at radius 3 is 0.956 bits per heavy atom. The van der Waals surface area contributed by atoms with E-state index < -0.39 is 15.6 Å². The molecule has 8 aliphatic rings. The van der Waals surface area contributed by atoms with Crippen molar-refractivity contribution in [1.29, 1.82) is 0 Å². The van der Waals surface area contributed by atoms with Gasteiger partial charge in [-0.05, 0) is 117 Å². The number of rotatable bonds is 10. The molecule has 0 fully saturated rings. The molecule has 10 heteroatoms. The molecule has 7 aromatic rings. The van der Waals surface area contributed by atoms with Crippen molar-refractivity contribution in [3.63, 3.8) is 0 Å². The van der Waals surface area contributed by atoms with Gasteiger partial charge >= 0.3 is 15.6 Å². The van der Waals surface area contributed by atoms with Crippen molar-refractivity contribution in [2.24, 2.45) is 0 Å². The molecule has 0 radical (unpaired) electrons. The molecule has 0 saturated carbocycles. The van der Waals surface area contributed by atoms with Crippen molar-refractivity contribution >= 4 is 15.6 Å². The van der Waals surface area contributed by atoms with Crippen molar-refractivity contribution in [3.8, 4) is 11.5 Å². The van der Waals surface area contributed by atoms with E-state index in [1.807, 2.05) is 62.4 Å². The van der Waals surface area contributed by atoms with Gasteiger partial charge in [-0.2, -0.15) is 0 Å². The van der Waals surface area contributed by atoms with Gasteiger partial charge in [-0.15, -0.1) is 0 Å². The summed E-state index contributed by atoms with van der Waals surface area (Å²) in [5, 5.41) is 0. The minimum Gasteiger partial charge on any atom is -0.403 e. The van der Waals surface area contributed by atoms with Crippen LogP contribution in [0, 0.1) is 13.8 Å². The van der Waals surface area contributed by atoms with Crippen LogP contribution in [0.2, 0.25) is 0 Å². The Labute approximate surface area is 395 Å². The summed E-state index contributed by atoms with van der Waals surface area (Å²) < 4.78 is 54.1. The zero-order chi connectivity index (χ0) is 45.5. The first-order chi connectivity index (χ1) is 33.0. The molecule has 7 aromatic carbocycles. The highest BCUT2D eigenvalue weighted by molar-refractivity contribution is 7.48. The van der Waals surface area contributed by atoms with Crippen molar-refractivity contribution in [2.75, 3.05) is 0 Å². The van der Waals surface area contributed by atoms with E-state index in [0.717, 1.165) is 57.3 Å². The number of aryl methyl sites for hydroxylation is 2. The fourth-order valence-corrected chi connectivity index (χ4v) is 16.2. The highest BCUT2D eigenvalue weighted by Gasteiger charge is 2.56. The Morgan fingerprint density at radius 1 is 0.397 bits per heavy atom. The molecule has 15 rings (SSSR count). The summed E-state index contributed by atoms with van der Waals surface area (Å²) in [6.07, 6.45) is 3.47. The van der Waals surface area contributed by atoms with E-state index in [1.54, 1.807) is 0 Å². The second kappa shape index (κ2) is 14.0. The molecule has 8 nitrogen and oxygen atoms in total. The molecule has 8 aliphatic carbocycles. The van der Waals surface area contributed by atoms with Crippen LogP contribution in [0.1, 0.15) is 184 Å². The summed E-state index contributed by atoms with van der Waals surface area (Å²) >= 11 is 0. The molecule has 68 heavy (non-hydrogen) atoms. The predicted molar refractivity (Wildman–Crippen MR) is 258 cm³/mol. The summed E-state index contributed by atoms with van der Waals surface area (Å²) in [6, 6.07) is 42.6. The summed E-state index contributed by atoms with van der Waals surface area (Å²) in [5.74, 6) is 1.18. The van der Waals surface area contributed by atoms with Gasteiger partial charge in [0.05, 0.1) is 13.2 Å². The van der Waals surface area contributed by atoms with E-state index in [0.29, 0.717) is 48.0 Å². The van der Waals surface area contributed by atoms with Crippen LogP contribution in [0.15, 0.2) is 121 Å².